The third-order valence-electron chi connectivity index (χ3n) is 0. The van der Waals surface area contributed by atoms with E-state index in [1.807, 2.05) is 0 Å². The molecule has 0 aliphatic carbocycles. The molecule has 0 atom stereocenters. The molecule has 0 aromatic rings. The first-order valence-electron chi connectivity index (χ1n) is 0.272. The molecule has 0 saturated carbocycles. The van der Waals surface area contributed by atoms with Gasteiger partial charge in [-0.1, -0.05) is 0 Å². The van der Waals surface area contributed by atoms with Crippen LogP contribution < -0.4 is 0 Å². The summed E-state index contributed by atoms with van der Waals surface area (Å²) < 4.78 is 15.9. The second kappa shape index (κ2) is 65.7. The van der Waals surface area contributed by atoms with Crippen LogP contribution in [-0.2, 0) is 39.1 Å². The molecule has 0 rings (SSSR count). The van der Waals surface area contributed by atoms with Crippen molar-refractivity contribution in [2.45, 2.75) is 0 Å². The molecular formula is Co2O2. The van der Waals surface area contributed by atoms with Gasteiger partial charge in [0.1, 0.15) is 0 Å². The Morgan fingerprint density at radius 2 is 0.750 bits per heavy atom. The molecule has 0 N–H and O–H groups in total. The van der Waals surface area contributed by atoms with Crippen LogP contribution in [0.15, 0.2) is 0 Å². The average Bonchev–Trinajstić information content (AvgIpc) is 1.50. The maximum atomic E-state index is 7.94. The van der Waals surface area contributed by atoms with Crippen molar-refractivity contribution in [3.05, 3.63) is 0 Å². The topological polar surface area (TPSA) is 34.1 Å². The third kappa shape index (κ3) is 18.1. The summed E-state index contributed by atoms with van der Waals surface area (Å²) >= 11 is 4.62. The Kier molecular flexibility index (Phi) is 145. The van der Waals surface area contributed by atoms with Crippen molar-refractivity contribution >= 4 is 0 Å². The van der Waals surface area contributed by atoms with Gasteiger partial charge >= 0.3 is 39.1 Å². The van der Waals surface area contributed by atoms with Gasteiger partial charge in [-0.3, -0.25) is 0 Å². The number of hydrogen-bond donors (Lipinski definition) is 0. The summed E-state index contributed by atoms with van der Waals surface area (Å²) in [4.78, 5) is 0. The Bertz CT molecular complexity index is 6.00. The molecule has 2 nitrogen and oxygen atoms in total. The molecule has 0 radical (unpaired) electrons. The molecule has 0 spiro atoms. The first-order valence-corrected chi connectivity index (χ1v) is 1.12. The monoisotopic (exact) mass is 150 g/mol. The molecule has 0 unspecified atom stereocenters. The van der Waals surface area contributed by atoms with Gasteiger partial charge in [0.25, 0.3) is 0 Å². The first kappa shape index (κ1) is 8.82. The minimum absolute atomic E-state index is 2.31. The predicted molar refractivity (Wildman–Crippen MR) is 1.37 cm³/mol. The fraction of sp³-hybridized carbons (Fsp3) is 0. The third-order valence-corrected chi connectivity index (χ3v) is 0. The summed E-state index contributed by atoms with van der Waals surface area (Å²) in [6, 6.07) is 0. The Hall–Kier alpha value is 0.613. The van der Waals surface area contributed by atoms with Crippen molar-refractivity contribution in [2.24, 2.45) is 0 Å². The zero-order valence-electron chi connectivity index (χ0n) is 1.48. The van der Waals surface area contributed by atoms with Crippen LogP contribution in [0.2, 0.25) is 0 Å². The fourth-order valence-electron chi connectivity index (χ4n) is 0. The van der Waals surface area contributed by atoms with Crippen LogP contribution in [0.5, 0.6) is 0 Å². The van der Waals surface area contributed by atoms with Crippen molar-refractivity contribution in [3.63, 3.8) is 0 Å². The van der Waals surface area contributed by atoms with E-state index in [-0.39, 0.29) is 0 Å². The van der Waals surface area contributed by atoms with Gasteiger partial charge in [-0.2, -0.15) is 0 Å². The van der Waals surface area contributed by atoms with Gasteiger partial charge in [-0.05, 0) is 0 Å². The number of rotatable bonds is 0. The molecule has 0 aliphatic rings. The molecule has 4 heteroatoms. The van der Waals surface area contributed by atoms with Crippen molar-refractivity contribution in [3.8, 4) is 0 Å². The summed E-state index contributed by atoms with van der Waals surface area (Å²) in [5.74, 6) is 0. The first-order chi connectivity index (χ1) is 2.00. The Morgan fingerprint density at radius 3 is 0.750 bits per heavy atom. The SMILES string of the molecule is [O]=[Co].[O]=[Co]. The van der Waals surface area contributed by atoms with Gasteiger partial charge < -0.3 is 0 Å². The summed E-state index contributed by atoms with van der Waals surface area (Å²) in [5.41, 5.74) is 0. The van der Waals surface area contributed by atoms with Crippen molar-refractivity contribution in [1.82, 2.24) is 0 Å². The molecule has 30 valence electrons. The fourth-order valence-corrected chi connectivity index (χ4v) is 0. The molecule has 0 amide bonds. The molecule has 0 heterocycles. The summed E-state index contributed by atoms with van der Waals surface area (Å²) in [7, 11) is 0. The molecule has 4 heavy (non-hydrogen) atoms. The van der Waals surface area contributed by atoms with E-state index in [0.29, 0.717) is 0 Å². The van der Waals surface area contributed by atoms with Crippen LogP contribution in [0.1, 0.15) is 0 Å². The van der Waals surface area contributed by atoms with Gasteiger partial charge in [0.05, 0.1) is 0 Å². The molecule has 0 aliphatic heterocycles. The van der Waals surface area contributed by atoms with E-state index < -0.39 is 0 Å². The van der Waals surface area contributed by atoms with E-state index in [1.54, 1.807) is 0 Å². The Morgan fingerprint density at radius 1 is 0.750 bits per heavy atom. The van der Waals surface area contributed by atoms with Gasteiger partial charge in [-0.25, -0.2) is 0 Å². The Balaban J connectivity index is 0. The zero-order chi connectivity index (χ0) is 4.00. The standard InChI is InChI=1S/2Co.2O. The Labute approximate surface area is 39.5 Å². The van der Waals surface area contributed by atoms with Crippen LogP contribution in [0.3, 0.4) is 0 Å². The van der Waals surface area contributed by atoms with Crippen molar-refractivity contribution < 1.29 is 39.1 Å². The van der Waals surface area contributed by atoms with Crippen LogP contribution in [0.4, 0.5) is 0 Å². The van der Waals surface area contributed by atoms with Crippen molar-refractivity contribution in [2.75, 3.05) is 0 Å². The molecule has 0 aromatic carbocycles. The number of hydrogen-bond acceptors (Lipinski definition) is 2. The summed E-state index contributed by atoms with van der Waals surface area (Å²) in [6.07, 6.45) is 0. The van der Waals surface area contributed by atoms with E-state index in [2.05, 4.69) is 31.3 Å². The second-order valence-electron chi connectivity index (χ2n) is 0. The second-order valence-corrected chi connectivity index (χ2v) is 0. The van der Waals surface area contributed by atoms with E-state index in [4.69, 9.17) is 7.73 Å². The van der Waals surface area contributed by atoms with E-state index in [1.165, 1.54) is 0 Å². The molecule has 0 aromatic heterocycles. The van der Waals surface area contributed by atoms with Gasteiger partial charge in [0.15, 0.2) is 0 Å². The normalized spacial score (nSPS) is 2.50. The molecule has 0 bridgehead atoms. The van der Waals surface area contributed by atoms with Crippen LogP contribution in [-0.4, -0.2) is 0 Å². The summed E-state index contributed by atoms with van der Waals surface area (Å²) in [5, 5.41) is 0. The van der Waals surface area contributed by atoms with Crippen LogP contribution >= 0.6 is 0 Å². The van der Waals surface area contributed by atoms with Crippen molar-refractivity contribution in [1.29, 1.82) is 0 Å². The quantitative estimate of drug-likeness (QED) is 0.477. The molecular weight excluding hydrogens is 150 g/mol. The van der Waals surface area contributed by atoms with Gasteiger partial charge in [0.2, 0.25) is 0 Å². The van der Waals surface area contributed by atoms with Crippen LogP contribution in [0.25, 0.3) is 0 Å². The minimum atomic E-state index is 2.31. The molecule has 0 saturated heterocycles. The average molecular weight is 150 g/mol. The van der Waals surface area contributed by atoms with Crippen LogP contribution in [0, 0.1) is 0 Å². The van der Waals surface area contributed by atoms with E-state index in [9.17, 15) is 0 Å². The summed E-state index contributed by atoms with van der Waals surface area (Å²) in [6.45, 7) is 0. The molecule has 0 fully saturated rings. The predicted octanol–water partition coefficient (Wildman–Crippen LogP) is -0.243. The zero-order valence-corrected chi connectivity index (χ0v) is 3.57. The van der Waals surface area contributed by atoms with Gasteiger partial charge in [-0.15, -0.1) is 0 Å². The van der Waals surface area contributed by atoms with E-state index in [0.717, 1.165) is 0 Å². The van der Waals surface area contributed by atoms with E-state index >= 15 is 0 Å². The maximum absolute atomic E-state index is 7.94. The van der Waals surface area contributed by atoms with Gasteiger partial charge in [0, 0.05) is 0 Å².